The fourth-order valence-corrected chi connectivity index (χ4v) is 3.12. The van der Waals surface area contributed by atoms with Gasteiger partial charge in [0.25, 0.3) is 0 Å². The maximum Gasteiger partial charge on any atom is 0.159 e. The maximum absolute atomic E-state index is 11.6. The lowest BCUT2D eigenvalue weighted by Gasteiger charge is -2.35. The van der Waals surface area contributed by atoms with Crippen LogP contribution in [0.1, 0.15) is 49.5 Å². The normalized spacial score (nSPS) is 19.7. The van der Waals surface area contributed by atoms with Crippen LogP contribution in [0.5, 0.6) is 5.75 Å². The highest BCUT2D eigenvalue weighted by molar-refractivity contribution is 5.94. The summed E-state index contributed by atoms with van der Waals surface area (Å²) in [5.74, 6) is 1.53. The minimum Gasteiger partial charge on any atom is -0.494 e. The fourth-order valence-electron chi connectivity index (χ4n) is 3.12. The first-order chi connectivity index (χ1) is 10.5. The summed E-state index contributed by atoms with van der Waals surface area (Å²) in [6.07, 6.45) is 2.39. The Balaban J connectivity index is 0.00000264. The molecule has 2 atom stereocenters. The van der Waals surface area contributed by atoms with E-state index in [1.165, 1.54) is 12.8 Å². The van der Waals surface area contributed by atoms with Gasteiger partial charge in [0.05, 0.1) is 6.61 Å². The van der Waals surface area contributed by atoms with Gasteiger partial charge in [-0.05, 0) is 64.3 Å². The summed E-state index contributed by atoms with van der Waals surface area (Å²) in [6.45, 7) is 9.24. The van der Waals surface area contributed by atoms with Crippen LogP contribution < -0.4 is 10.5 Å². The Hall–Kier alpha value is -1.10. The molecule has 2 rings (SSSR count). The number of halogens is 1. The van der Waals surface area contributed by atoms with E-state index >= 15 is 0 Å². The standard InChI is InChI=1S/C18H28N2O2.ClH/c1-4-22-18-8-7-15(14(3)21)10-17(18)12-20-9-5-6-16(11-20)13(2)19;/h7-8,10,13,16H,4-6,9,11-12,19H2,1-3H3;1H. The Morgan fingerprint density at radius 3 is 2.83 bits per heavy atom. The molecule has 1 aliphatic rings. The number of benzene rings is 1. The number of hydrogen-bond acceptors (Lipinski definition) is 4. The molecule has 1 fully saturated rings. The third-order valence-corrected chi connectivity index (χ3v) is 4.45. The van der Waals surface area contributed by atoms with Crippen molar-refractivity contribution >= 4 is 18.2 Å². The van der Waals surface area contributed by atoms with Crippen molar-refractivity contribution in [3.63, 3.8) is 0 Å². The average Bonchev–Trinajstić information content (AvgIpc) is 2.49. The highest BCUT2D eigenvalue weighted by atomic mass is 35.5. The topological polar surface area (TPSA) is 55.6 Å². The van der Waals surface area contributed by atoms with Crippen LogP contribution in [0, 0.1) is 5.92 Å². The first-order valence-corrected chi connectivity index (χ1v) is 8.25. The Labute approximate surface area is 145 Å². The van der Waals surface area contributed by atoms with E-state index in [1.54, 1.807) is 6.92 Å². The predicted octanol–water partition coefficient (Wildman–Crippen LogP) is 3.27. The molecule has 2 unspecified atom stereocenters. The number of likely N-dealkylation sites (tertiary alicyclic amines) is 1. The molecule has 2 N–H and O–H groups in total. The molecule has 23 heavy (non-hydrogen) atoms. The van der Waals surface area contributed by atoms with Crippen LogP contribution in [0.15, 0.2) is 18.2 Å². The van der Waals surface area contributed by atoms with Crippen molar-refractivity contribution in [2.75, 3.05) is 19.7 Å². The molecular weight excluding hydrogens is 312 g/mol. The predicted molar refractivity (Wildman–Crippen MR) is 96.5 cm³/mol. The Morgan fingerprint density at radius 2 is 2.22 bits per heavy atom. The number of nitrogens with two attached hydrogens (primary N) is 1. The van der Waals surface area contributed by atoms with Gasteiger partial charge in [0, 0.05) is 30.3 Å². The number of piperidine rings is 1. The molecular formula is C18H29ClN2O2. The smallest absolute Gasteiger partial charge is 0.159 e. The first kappa shape index (κ1) is 19.9. The second-order valence-corrected chi connectivity index (χ2v) is 6.31. The number of nitrogens with zero attached hydrogens (tertiary/aromatic N) is 1. The first-order valence-electron chi connectivity index (χ1n) is 8.25. The Morgan fingerprint density at radius 1 is 1.48 bits per heavy atom. The number of rotatable bonds is 6. The molecule has 1 heterocycles. The molecule has 0 spiro atoms. The molecule has 1 aromatic carbocycles. The zero-order valence-electron chi connectivity index (χ0n) is 14.4. The van der Waals surface area contributed by atoms with Crippen LogP contribution in [-0.2, 0) is 6.54 Å². The highest BCUT2D eigenvalue weighted by Gasteiger charge is 2.23. The number of ketones is 1. The summed E-state index contributed by atoms with van der Waals surface area (Å²) in [7, 11) is 0. The number of carbonyl (C=O) groups excluding carboxylic acids is 1. The summed E-state index contributed by atoms with van der Waals surface area (Å²) < 4.78 is 5.72. The van der Waals surface area contributed by atoms with Crippen LogP contribution in [0.2, 0.25) is 0 Å². The lowest BCUT2D eigenvalue weighted by Crippen LogP contribution is -2.42. The van der Waals surface area contributed by atoms with Crippen molar-refractivity contribution in [1.29, 1.82) is 0 Å². The maximum atomic E-state index is 11.6. The zero-order valence-corrected chi connectivity index (χ0v) is 15.2. The van der Waals surface area contributed by atoms with Gasteiger partial charge in [-0.25, -0.2) is 0 Å². The van der Waals surface area contributed by atoms with Gasteiger partial charge in [0.2, 0.25) is 0 Å². The monoisotopic (exact) mass is 340 g/mol. The SMILES string of the molecule is CCOc1ccc(C(C)=O)cc1CN1CCCC(C(C)N)C1.Cl. The number of hydrogen-bond donors (Lipinski definition) is 1. The van der Waals surface area contributed by atoms with E-state index < -0.39 is 0 Å². The second kappa shape index (κ2) is 9.26. The quantitative estimate of drug-likeness (QED) is 0.807. The van der Waals surface area contributed by atoms with Crippen LogP contribution in [0.3, 0.4) is 0 Å². The summed E-state index contributed by atoms with van der Waals surface area (Å²) in [6, 6.07) is 5.97. The van der Waals surface area contributed by atoms with Crippen molar-refractivity contribution in [1.82, 2.24) is 4.90 Å². The van der Waals surface area contributed by atoms with Crippen LogP contribution in [-0.4, -0.2) is 36.4 Å². The van der Waals surface area contributed by atoms with E-state index in [9.17, 15) is 4.79 Å². The Bertz CT molecular complexity index is 520. The molecule has 0 saturated carbocycles. The van der Waals surface area contributed by atoms with Crippen LogP contribution >= 0.6 is 12.4 Å². The van der Waals surface area contributed by atoms with Crippen LogP contribution in [0.25, 0.3) is 0 Å². The largest absolute Gasteiger partial charge is 0.494 e. The van der Waals surface area contributed by atoms with E-state index in [0.29, 0.717) is 12.5 Å². The van der Waals surface area contributed by atoms with E-state index in [0.717, 1.165) is 36.5 Å². The van der Waals surface area contributed by atoms with Gasteiger partial charge in [0.1, 0.15) is 5.75 Å². The number of carbonyl (C=O) groups is 1. The minimum absolute atomic E-state index is 0. The van der Waals surface area contributed by atoms with Gasteiger partial charge < -0.3 is 10.5 Å². The third-order valence-electron chi connectivity index (χ3n) is 4.45. The summed E-state index contributed by atoms with van der Waals surface area (Å²) in [4.78, 5) is 14.1. The number of Topliss-reactive ketones (excluding diaryl/α,β-unsaturated/α-hetero) is 1. The third kappa shape index (κ3) is 5.48. The summed E-state index contributed by atoms with van der Waals surface area (Å²) >= 11 is 0. The van der Waals surface area contributed by atoms with Gasteiger partial charge in [-0.1, -0.05) is 0 Å². The molecule has 1 aliphatic heterocycles. The molecule has 0 amide bonds. The molecule has 0 aliphatic carbocycles. The lowest BCUT2D eigenvalue weighted by molar-refractivity contribution is 0.101. The Kier molecular flexibility index (Phi) is 8.03. The van der Waals surface area contributed by atoms with E-state index in [-0.39, 0.29) is 24.2 Å². The molecule has 0 aromatic heterocycles. The van der Waals surface area contributed by atoms with Crippen molar-refractivity contribution in [2.24, 2.45) is 11.7 Å². The van der Waals surface area contributed by atoms with Gasteiger partial charge in [-0.3, -0.25) is 9.69 Å². The molecule has 4 nitrogen and oxygen atoms in total. The van der Waals surface area contributed by atoms with Crippen molar-refractivity contribution in [3.05, 3.63) is 29.3 Å². The van der Waals surface area contributed by atoms with E-state index in [2.05, 4.69) is 11.8 Å². The van der Waals surface area contributed by atoms with Gasteiger partial charge in [-0.2, -0.15) is 0 Å². The molecule has 0 radical (unpaired) electrons. The van der Waals surface area contributed by atoms with Gasteiger partial charge in [0.15, 0.2) is 5.78 Å². The van der Waals surface area contributed by atoms with Crippen molar-refractivity contribution in [3.8, 4) is 5.75 Å². The van der Waals surface area contributed by atoms with Crippen molar-refractivity contribution < 1.29 is 9.53 Å². The lowest BCUT2D eigenvalue weighted by atomic mass is 9.92. The van der Waals surface area contributed by atoms with E-state index in [4.69, 9.17) is 10.5 Å². The molecule has 5 heteroatoms. The van der Waals surface area contributed by atoms with Crippen LogP contribution in [0.4, 0.5) is 0 Å². The summed E-state index contributed by atoms with van der Waals surface area (Å²) in [5.41, 5.74) is 7.91. The molecule has 0 bridgehead atoms. The fraction of sp³-hybridized carbons (Fsp3) is 0.611. The van der Waals surface area contributed by atoms with Gasteiger partial charge in [-0.15, -0.1) is 12.4 Å². The number of ether oxygens (including phenoxy) is 1. The second-order valence-electron chi connectivity index (χ2n) is 6.31. The minimum atomic E-state index is 0. The highest BCUT2D eigenvalue weighted by Crippen LogP contribution is 2.26. The zero-order chi connectivity index (χ0) is 16.1. The molecule has 1 saturated heterocycles. The van der Waals surface area contributed by atoms with Crippen molar-refractivity contribution in [2.45, 2.75) is 46.2 Å². The van der Waals surface area contributed by atoms with E-state index in [1.807, 2.05) is 25.1 Å². The molecule has 1 aromatic rings. The van der Waals surface area contributed by atoms with Gasteiger partial charge >= 0.3 is 0 Å². The average molecular weight is 341 g/mol. The summed E-state index contributed by atoms with van der Waals surface area (Å²) in [5, 5.41) is 0. The molecule has 130 valence electrons.